The number of carbonyl (C=O) groups excluding carboxylic acids is 2. The van der Waals surface area contributed by atoms with Gasteiger partial charge >= 0.3 is 12.1 Å². The van der Waals surface area contributed by atoms with E-state index < -0.39 is 11.6 Å². The summed E-state index contributed by atoms with van der Waals surface area (Å²) in [5.41, 5.74) is 0.145. The van der Waals surface area contributed by atoms with Gasteiger partial charge in [-0.2, -0.15) is 5.26 Å². The highest BCUT2D eigenvalue weighted by Gasteiger charge is 2.36. The first-order valence-electron chi connectivity index (χ1n) is 9.61. The van der Waals surface area contributed by atoms with E-state index in [1.54, 1.807) is 39.8 Å². The van der Waals surface area contributed by atoms with Gasteiger partial charge in [-0.3, -0.25) is 4.79 Å². The Kier molecular flexibility index (Phi) is 9.03. The predicted molar refractivity (Wildman–Crippen MR) is 125 cm³/mol. The number of fused-ring (bicyclic) bond motifs is 1. The van der Waals surface area contributed by atoms with E-state index in [2.05, 4.69) is 18.8 Å². The monoisotopic (exact) mass is 482 g/mol. The number of aromatic nitrogens is 1. The Morgan fingerprint density at radius 2 is 2.00 bits per heavy atom. The molecular formula is C21H26N2O5S3. The van der Waals surface area contributed by atoms with E-state index in [1.165, 1.54) is 18.4 Å². The van der Waals surface area contributed by atoms with E-state index in [4.69, 9.17) is 19.5 Å². The van der Waals surface area contributed by atoms with Crippen molar-refractivity contribution in [1.29, 1.82) is 5.26 Å². The van der Waals surface area contributed by atoms with Crippen LogP contribution in [-0.4, -0.2) is 41.3 Å². The lowest BCUT2D eigenvalue weighted by Crippen LogP contribution is -2.33. The van der Waals surface area contributed by atoms with E-state index in [1.807, 2.05) is 19.9 Å². The van der Waals surface area contributed by atoms with Gasteiger partial charge < -0.3 is 14.2 Å². The molecule has 0 atom stereocenters. The van der Waals surface area contributed by atoms with Gasteiger partial charge in [0.2, 0.25) is 0 Å². The zero-order chi connectivity index (χ0) is 23.1. The van der Waals surface area contributed by atoms with Crippen molar-refractivity contribution in [2.75, 3.05) is 19.5 Å². The minimum atomic E-state index is -0.762. The Morgan fingerprint density at radius 1 is 1.26 bits per heavy atom. The zero-order valence-electron chi connectivity index (χ0n) is 18.2. The molecule has 0 unspecified atom stereocenters. The Balaban J connectivity index is 1.68. The van der Waals surface area contributed by atoms with Crippen molar-refractivity contribution in [3.8, 4) is 11.8 Å². The van der Waals surface area contributed by atoms with Gasteiger partial charge in [0.25, 0.3) is 0 Å². The first-order valence-corrected chi connectivity index (χ1v) is 12.7. The van der Waals surface area contributed by atoms with Crippen molar-refractivity contribution in [1.82, 2.24) is 4.98 Å². The standard InChI is InChI=1S/C21H26N2O5S3/c1-20(2,18(24)26-5)13-21(3,4)31-29-10-6-9-27-19(25)28-14-7-8-15-16(11-14)30-17(12-22)23-15/h7-8,11H,6,9-10,13H2,1-5H3. The van der Waals surface area contributed by atoms with Gasteiger partial charge in [-0.15, -0.1) is 11.3 Å². The second-order valence-corrected chi connectivity index (χ2v) is 12.2. The van der Waals surface area contributed by atoms with Crippen LogP contribution in [0.4, 0.5) is 4.79 Å². The van der Waals surface area contributed by atoms with E-state index in [-0.39, 0.29) is 17.3 Å². The molecule has 2 rings (SSSR count). The fourth-order valence-corrected chi connectivity index (χ4v) is 6.65. The lowest BCUT2D eigenvalue weighted by Gasteiger charge is -2.32. The summed E-state index contributed by atoms with van der Waals surface area (Å²) in [6.07, 6.45) is 0.609. The molecule has 0 aliphatic rings. The first kappa shape index (κ1) is 25.3. The largest absolute Gasteiger partial charge is 0.513 e. The Morgan fingerprint density at radius 3 is 2.68 bits per heavy atom. The maximum absolute atomic E-state index is 11.9. The van der Waals surface area contributed by atoms with E-state index >= 15 is 0 Å². The summed E-state index contributed by atoms with van der Waals surface area (Å²) < 4.78 is 15.9. The Hall–Kier alpha value is -1.96. The molecule has 0 saturated carbocycles. The van der Waals surface area contributed by atoms with Crippen LogP contribution in [0.25, 0.3) is 10.2 Å². The van der Waals surface area contributed by atoms with Crippen molar-refractivity contribution < 1.29 is 23.8 Å². The summed E-state index contributed by atoms with van der Waals surface area (Å²) in [5.74, 6) is 0.938. The molecule has 7 nitrogen and oxygen atoms in total. The predicted octanol–water partition coefficient (Wildman–Crippen LogP) is 5.82. The van der Waals surface area contributed by atoms with Crippen LogP contribution in [0.1, 0.15) is 45.5 Å². The minimum absolute atomic E-state index is 0.108. The van der Waals surface area contributed by atoms with Crippen LogP contribution in [0.5, 0.6) is 5.75 Å². The van der Waals surface area contributed by atoms with Gasteiger partial charge in [-0.1, -0.05) is 21.6 Å². The van der Waals surface area contributed by atoms with Gasteiger partial charge in [-0.25, -0.2) is 9.78 Å². The van der Waals surface area contributed by atoms with Crippen LogP contribution < -0.4 is 4.74 Å². The average molecular weight is 483 g/mol. The fourth-order valence-electron chi connectivity index (χ4n) is 3.06. The summed E-state index contributed by atoms with van der Waals surface area (Å²) >= 11 is 1.24. The van der Waals surface area contributed by atoms with Gasteiger partial charge in [0.05, 0.1) is 29.3 Å². The number of methoxy groups -OCH3 is 1. The minimum Gasteiger partial charge on any atom is -0.469 e. The summed E-state index contributed by atoms with van der Waals surface area (Å²) in [5, 5.41) is 9.27. The number of rotatable bonds is 10. The highest BCUT2D eigenvalue weighted by Crippen LogP contribution is 2.43. The third-order valence-electron chi connectivity index (χ3n) is 4.14. The van der Waals surface area contributed by atoms with Crippen LogP contribution in [-0.2, 0) is 14.3 Å². The second kappa shape index (κ2) is 11.1. The molecule has 0 bridgehead atoms. The van der Waals surface area contributed by atoms with E-state index in [9.17, 15) is 9.59 Å². The van der Waals surface area contributed by atoms with Crippen molar-refractivity contribution in [2.24, 2.45) is 5.41 Å². The molecule has 0 spiro atoms. The number of thiazole rings is 1. The van der Waals surface area contributed by atoms with Crippen LogP contribution in [0, 0.1) is 16.7 Å². The molecule has 31 heavy (non-hydrogen) atoms. The highest BCUT2D eigenvalue weighted by atomic mass is 33.1. The maximum Gasteiger partial charge on any atom is 0.513 e. The van der Waals surface area contributed by atoms with Crippen LogP contribution >= 0.6 is 32.9 Å². The van der Waals surface area contributed by atoms with Crippen LogP contribution in [0.3, 0.4) is 0 Å². The second-order valence-electron chi connectivity index (χ2n) is 8.03. The highest BCUT2D eigenvalue weighted by molar-refractivity contribution is 8.77. The van der Waals surface area contributed by atoms with Gasteiger partial charge in [-0.05, 0) is 52.7 Å². The third kappa shape index (κ3) is 7.91. The summed E-state index contributed by atoms with van der Waals surface area (Å²) in [4.78, 5) is 27.9. The lowest BCUT2D eigenvalue weighted by molar-refractivity contribution is -0.151. The first-order chi connectivity index (χ1) is 14.6. The molecule has 1 heterocycles. The van der Waals surface area contributed by atoms with Gasteiger partial charge in [0.1, 0.15) is 11.8 Å². The topological polar surface area (TPSA) is 98.5 Å². The molecule has 0 saturated heterocycles. The third-order valence-corrected chi connectivity index (χ3v) is 8.44. The number of nitriles is 1. The van der Waals surface area contributed by atoms with E-state index in [0.29, 0.717) is 29.1 Å². The van der Waals surface area contributed by atoms with Gasteiger partial charge in [0.15, 0.2) is 5.01 Å². The molecule has 2 aromatic rings. The molecule has 0 N–H and O–H groups in total. The molecule has 10 heteroatoms. The molecule has 1 aromatic carbocycles. The number of hydrogen-bond donors (Lipinski definition) is 0. The van der Waals surface area contributed by atoms with Crippen molar-refractivity contribution in [3.63, 3.8) is 0 Å². The molecule has 0 aliphatic carbocycles. The number of carbonyl (C=O) groups is 2. The van der Waals surface area contributed by atoms with Crippen molar-refractivity contribution in [2.45, 2.75) is 45.3 Å². The van der Waals surface area contributed by atoms with Crippen molar-refractivity contribution in [3.05, 3.63) is 23.2 Å². The number of ether oxygens (including phenoxy) is 3. The molecule has 168 valence electrons. The molecule has 0 radical (unpaired) electrons. The Bertz CT molecular complexity index is 966. The SMILES string of the molecule is COC(=O)C(C)(C)CC(C)(C)SSCCCOC(=O)Oc1ccc2nc(C#N)sc2c1. The number of nitrogens with zero attached hydrogens (tertiary/aromatic N) is 2. The summed E-state index contributed by atoms with van der Waals surface area (Å²) in [6, 6.07) is 6.99. The zero-order valence-corrected chi connectivity index (χ0v) is 20.7. The summed E-state index contributed by atoms with van der Waals surface area (Å²) in [7, 11) is 4.80. The maximum atomic E-state index is 11.9. The molecule has 0 amide bonds. The fraction of sp³-hybridized carbons (Fsp3) is 0.524. The molecule has 1 aromatic heterocycles. The van der Waals surface area contributed by atoms with Crippen molar-refractivity contribution >= 4 is 55.3 Å². The van der Waals surface area contributed by atoms with Crippen LogP contribution in [0.2, 0.25) is 0 Å². The number of hydrogen-bond acceptors (Lipinski definition) is 10. The Labute approximate surface area is 194 Å². The lowest BCUT2D eigenvalue weighted by atomic mass is 9.84. The number of esters is 1. The smallest absolute Gasteiger partial charge is 0.469 e. The van der Waals surface area contributed by atoms with E-state index in [0.717, 1.165) is 10.5 Å². The summed E-state index contributed by atoms with van der Waals surface area (Å²) in [6.45, 7) is 8.23. The van der Waals surface area contributed by atoms with Crippen LogP contribution in [0.15, 0.2) is 18.2 Å². The van der Waals surface area contributed by atoms with Gasteiger partial charge in [0, 0.05) is 16.6 Å². The molecule has 0 fully saturated rings. The molecule has 0 aliphatic heterocycles. The average Bonchev–Trinajstić information content (AvgIpc) is 3.11. The quantitative estimate of drug-likeness (QED) is 0.179. The normalized spacial score (nSPS) is 11.7. The number of benzene rings is 1. The molecular weight excluding hydrogens is 456 g/mol.